The van der Waals surface area contributed by atoms with Gasteiger partial charge in [0.05, 0.1) is 24.1 Å². The van der Waals surface area contributed by atoms with Gasteiger partial charge in [0.1, 0.15) is 18.9 Å². The number of hydrogen-bond acceptors (Lipinski definition) is 5. The summed E-state index contributed by atoms with van der Waals surface area (Å²) in [5, 5.41) is 0.495. The molecule has 3 aromatic rings. The normalized spacial score (nSPS) is 14.2. The van der Waals surface area contributed by atoms with Gasteiger partial charge in [-0.15, -0.1) is 0 Å². The molecule has 1 amide bonds. The standard InChI is InChI=1S/C21H20IN3O4/c22-17-8-4-7-16-20(17)23-18(14-29-15-5-2-1-3-6-15)25(21(16)27)13-19(26)24-9-11-28-12-10-24/h1-8H,9-14H2. The first kappa shape index (κ1) is 19.8. The number of fused-ring (bicyclic) bond motifs is 1. The van der Waals surface area contributed by atoms with Crippen LogP contribution in [0.2, 0.25) is 0 Å². The van der Waals surface area contributed by atoms with Crippen LogP contribution < -0.4 is 10.3 Å². The maximum atomic E-state index is 13.2. The molecule has 0 saturated carbocycles. The van der Waals surface area contributed by atoms with E-state index >= 15 is 0 Å². The van der Waals surface area contributed by atoms with E-state index in [2.05, 4.69) is 27.6 Å². The monoisotopic (exact) mass is 505 g/mol. The molecule has 0 bridgehead atoms. The summed E-state index contributed by atoms with van der Waals surface area (Å²) in [7, 11) is 0. The lowest BCUT2D eigenvalue weighted by Gasteiger charge is -2.27. The second-order valence-corrected chi connectivity index (χ2v) is 7.81. The highest BCUT2D eigenvalue weighted by atomic mass is 127. The van der Waals surface area contributed by atoms with E-state index in [9.17, 15) is 9.59 Å². The number of amides is 1. The molecule has 1 aromatic heterocycles. The average Bonchev–Trinajstić information content (AvgIpc) is 2.76. The number of nitrogens with zero attached hydrogens (tertiary/aromatic N) is 3. The third-order valence-corrected chi connectivity index (χ3v) is 5.65. The molecular weight excluding hydrogens is 485 g/mol. The number of carbonyl (C=O) groups is 1. The summed E-state index contributed by atoms with van der Waals surface area (Å²) in [5.74, 6) is 0.982. The fraction of sp³-hybridized carbons (Fsp3) is 0.286. The van der Waals surface area contributed by atoms with E-state index in [1.54, 1.807) is 11.0 Å². The quantitative estimate of drug-likeness (QED) is 0.499. The first-order valence-electron chi connectivity index (χ1n) is 9.35. The van der Waals surface area contributed by atoms with Crippen LogP contribution in [0.15, 0.2) is 53.3 Å². The molecule has 4 rings (SSSR count). The van der Waals surface area contributed by atoms with Crippen LogP contribution in [0.3, 0.4) is 0 Å². The maximum Gasteiger partial charge on any atom is 0.262 e. The Labute approximate surface area is 181 Å². The van der Waals surface area contributed by atoms with Crippen molar-refractivity contribution in [1.29, 1.82) is 0 Å². The fourth-order valence-corrected chi connectivity index (χ4v) is 3.86. The van der Waals surface area contributed by atoms with Gasteiger partial charge in [-0.2, -0.15) is 0 Å². The summed E-state index contributed by atoms with van der Waals surface area (Å²) in [4.78, 5) is 32.4. The van der Waals surface area contributed by atoms with E-state index in [0.29, 0.717) is 48.8 Å². The van der Waals surface area contributed by atoms with E-state index < -0.39 is 0 Å². The molecule has 1 aliphatic rings. The molecule has 2 heterocycles. The zero-order valence-corrected chi connectivity index (χ0v) is 17.9. The molecule has 29 heavy (non-hydrogen) atoms. The van der Waals surface area contributed by atoms with Gasteiger partial charge in [-0.3, -0.25) is 14.2 Å². The average molecular weight is 505 g/mol. The van der Waals surface area contributed by atoms with Crippen molar-refractivity contribution in [3.05, 3.63) is 68.3 Å². The molecular formula is C21H20IN3O4. The highest BCUT2D eigenvalue weighted by Gasteiger charge is 2.21. The minimum Gasteiger partial charge on any atom is -0.486 e. The third kappa shape index (κ3) is 4.43. The van der Waals surface area contributed by atoms with Crippen LogP contribution >= 0.6 is 22.6 Å². The number of carbonyl (C=O) groups excluding carboxylic acids is 1. The van der Waals surface area contributed by atoms with Crippen molar-refractivity contribution < 1.29 is 14.3 Å². The summed E-state index contributed by atoms with van der Waals surface area (Å²) in [6, 6.07) is 14.8. The van der Waals surface area contributed by atoms with Crippen LogP contribution in [-0.4, -0.2) is 46.7 Å². The van der Waals surface area contributed by atoms with Gasteiger partial charge in [-0.1, -0.05) is 24.3 Å². The van der Waals surface area contributed by atoms with Crippen LogP contribution in [0.1, 0.15) is 5.82 Å². The van der Waals surface area contributed by atoms with Gasteiger partial charge < -0.3 is 14.4 Å². The lowest BCUT2D eigenvalue weighted by atomic mass is 10.2. The minimum atomic E-state index is -0.234. The number of para-hydroxylation sites is 2. The Morgan fingerprint density at radius 2 is 1.86 bits per heavy atom. The number of hydrogen-bond donors (Lipinski definition) is 0. The Kier molecular flexibility index (Phi) is 6.10. The predicted octanol–water partition coefficient (Wildman–Crippen LogP) is 2.44. The SMILES string of the molecule is O=C(Cn1c(COc2ccccc2)nc2c(I)cccc2c1=O)N1CCOCC1. The van der Waals surface area contributed by atoms with Crippen LogP contribution in [0, 0.1) is 3.57 Å². The lowest BCUT2D eigenvalue weighted by Crippen LogP contribution is -2.44. The second-order valence-electron chi connectivity index (χ2n) is 6.65. The number of ether oxygens (including phenoxy) is 2. The first-order chi connectivity index (χ1) is 14.1. The Hall–Kier alpha value is -2.46. The zero-order valence-electron chi connectivity index (χ0n) is 15.7. The van der Waals surface area contributed by atoms with Crippen molar-refractivity contribution in [3.63, 3.8) is 0 Å². The van der Waals surface area contributed by atoms with Gasteiger partial charge in [-0.25, -0.2) is 4.98 Å². The Balaban J connectivity index is 1.70. The topological polar surface area (TPSA) is 73.7 Å². The molecule has 150 valence electrons. The van der Waals surface area contributed by atoms with Crippen LogP contribution in [-0.2, 0) is 22.7 Å². The molecule has 1 saturated heterocycles. The summed E-state index contributed by atoms with van der Waals surface area (Å²) < 4.78 is 13.5. The molecule has 2 aromatic carbocycles. The molecule has 0 atom stereocenters. The minimum absolute atomic E-state index is 0.0687. The van der Waals surface area contributed by atoms with Crippen LogP contribution in [0.5, 0.6) is 5.75 Å². The molecule has 8 heteroatoms. The van der Waals surface area contributed by atoms with Crippen molar-refractivity contribution in [2.24, 2.45) is 0 Å². The fourth-order valence-electron chi connectivity index (χ4n) is 3.24. The first-order valence-corrected chi connectivity index (χ1v) is 10.4. The van der Waals surface area contributed by atoms with E-state index in [-0.39, 0.29) is 24.6 Å². The maximum absolute atomic E-state index is 13.2. The molecule has 7 nitrogen and oxygen atoms in total. The van der Waals surface area contributed by atoms with Gasteiger partial charge >= 0.3 is 0 Å². The largest absolute Gasteiger partial charge is 0.486 e. The van der Waals surface area contributed by atoms with E-state index in [1.807, 2.05) is 42.5 Å². The van der Waals surface area contributed by atoms with Gasteiger partial charge in [0.25, 0.3) is 5.56 Å². The smallest absolute Gasteiger partial charge is 0.262 e. The van der Waals surface area contributed by atoms with Gasteiger partial charge in [-0.05, 0) is 46.9 Å². The van der Waals surface area contributed by atoms with Crippen molar-refractivity contribution in [2.75, 3.05) is 26.3 Å². The number of rotatable bonds is 5. The van der Waals surface area contributed by atoms with E-state index in [0.717, 1.165) is 3.57 Å². The zero-order chi connectivity index (χ0) is 20.2. The summed E-state index contributed by atoms with van der Waals surface area (Å²) >= 11 is 2.16. The van der Waals surface area contributed by atoms with Crippen molar-refractivity contribution in [1.82, 2.24) is 14.5 Å². The van der Waals surface area contributed by atoms with Gasteiger partial charge in [0.2, 0.25) is 5.91 Å². The number of benzene rings is 2. The van der Waals surface area contributed by atoms with E-state index in [1.165, 1.54) is 4.57 Å². The van der Waals surface area contributed by atoms with Crippen LogP contribution in [0.25, 0.3) is 10.9 Å². The molecule has 1 fully saturated rings. The third-order valence-electron chi connectivity index (χ3n) is 4.78. The molecule has 0 N–H and O–H groups in total. The Morgan fingerprint density at radius 3 is 2.62 bits per heavy atom. The predicted molar refractivity (Wildman–Crippen MR) is 117 cm³/mol. The highest BCUT2D eigenvalue weighted by Crippen LogP contribution is 2.18. The van der Waals surface area contributed by atoms with Gasteiger partial charge in [0.15, 0.2) is 5.82 Å². The molecule has 0 radical (unpaired) electrons. The Bertz CT molecular complexity index is 1080. The second kappa shape index (κ2) is 8.91. The number of halogens is 1. The molecule has 0 aliphatic carbocycles. The molecule has 1 aliphatic heterocycles. The summed E-state index contributed by atoms with van der Waals surface area (Å²) in [6.07, 6.45) is 0. The summed E-state index contributed by atoms with van der Waals surface area (Å²) in [5.41, 5.74) is 0.390. The van der Waals surface area contributed by atoms with Crippen molar-refractivity contribution >= 4 is 39.4 Å². The van der Waals surface area contributed by atoms with Crippen molar-refractivity contribution in [2.45, 2.75) is 13.2 Å². The van der Waals surface area contributed by atoms with Crippen LogP contribution in [0.4, 0.5) is 0 Å². The van der Waals surface area contributed by atoms with E-state index in [4.69, 9.17) is 9.47 Å². The lowest BCUT2D eigenvalue weighted by molar-refractivity contribution is -0.136. The number of aromatic nitrogens is 2. The van der Waals surface area contributed by atoms with Gasteiger partial charge in [0, 0.05) is 16.7 Å². The van der Waals surface area contributed by atoms with Crippen molar-refractivity contribution in [3.8, 4) is 5.75 Å². The highest BCUT2D eigenvalue weighted by molar-refractivity contribution is 14.1. The number of morpholine rings is 1. The molecule has 0 spiro atoms. The Morgan fingerprint density at radius 1 is 1.10 bits per heavy atom. The molecule has 0 unspecified atom stereocenters. The summed E-state index contributed by atoms with van der Waals surface area (Å²) in [6.45, 7) is 2.11.